The monoisotopic (exact) mass is 378 g/mol. The Morgan fingerprint density at radius 2 is 1.79 bits per heavy atom. The SMILES string of the molecule is CC(C)Oc1ccc(C(C)NC(=O)CCc2ncc(-c3ccccc3)o2)cc1. The zero-order valence-corrected chi connectivity index (χ0v) is 16.5. The highest BCUT2D eigenvalue weighted by molar-refractivity contribution is 5.76. The van der Waals surface area contributed by atoms with Gasteiger partial charge in [0.2, 0.25) is 5.91 Å². The number of aromatic nitrogens is 1. The van der Waals surface area contributed by atoms with Crippen LogP contribution in [0, 0.1) is 0 Å². The van der Waals surface area contributed by atoms with E-state index in [1.807, 2.05) is 75.4 Å². The first-order chi connectivity index (χ1) is 13.5. The third kappa shape index (κ3) is 5.46. The molecule has 28 heavy (non-hydrogen) atoms. The van der Waals surface area contributed by atoms with Crippen LogP contribution in [0.5, 0.6) is 5.75 Å². The van der Waals surface area contributed by atoms with E-state index >= 15 is 0 Å². The summed E-state index contributed by atoms with van der Waals surface area (Å²) in [6.45, 7) is 5.95. The molecule has 5 heteroatoms. The molecule has 1 N–H and O–H groups in total. The van der Waals surface area contributed by atoms with Crippen LogP contribution in [0.3, 0.4) is 0 Å². The maximum atomic E-state index is 12.3. The van der Waals surface area contributed by atoms with E-state index < -0.39 is 0 Å². The largest absolute Gasteiger partial charge is 0.491 e. The Bertz CT molecular complexity index is 886. The van der Waals surface area contributed by atoms with Crippen LogP contribution < -0.4 is 10.1 Å². The summed E-state index contributed by atoms with van der Waals surface area (Å²) in [5.41, 5.74) is 2.01. The Balaban J connectivity index is 1.49. The molecule has 3 aromatic rings. The average Bonchev–Trinajstić information content (AvgIpc) is 3.16. The molecule has 0 fully saturated rings. The van der Waals surface area contributed by atoms with E-state index in [4.69, 9.17) is 9.15 Å². The van der Waals surface area contributed by atoms with Gasteiger partial charge in [-0.15, -0.1) is 0 Å². The Hall–Kier alpha value is -3.08. The molecule has 1 aromatic heterocycles. The van der Waals surface area contributed by atoms with Crippen LogP contribution in [0.25, 0.3) is 11.3 Å². The van der Waals surface area contributed by atoms with Gasteiger partial charge in [-0.25, -0.2) is 4.98 Å². The van der Waals surface area contributed by atoms with E-state index in [-0.39, 0.29) is 18.1 Å². The molecule has 1 atom stereocenters. The fourth-order valence-electron chi connectivity index (χ4n) is 2.89. The number of oxazole rings is 1. The number of hydrogen-bond donors (Lipinski definition) is 1. The first kappa shape index (κ1) is 19.7. The molecule has 1 heterocycles. The lowest BCUT2D eigenvalue weighted by atomic mass is 10.1. The summed E-state index contributed by atoms with van der Waals surface area (Å²) in [7, 11) is 0. The van der Waals surface area contributed by atoms with Gasteiger partial charge in [0, 0.05) is 18.4 Å². The van der Waals surface area contributed by atoms with Crippen molar-refractivity contribution < 1.29 is 13.9 Å². The summed E-state index contributed by atoms with van der Waals surface area (Å²) >= 11 is 0. The van der Waals surface area contributed by atoms with Gasteiger partial charge in [-0.05, 0) is 38.5 Å². The Labute approximate surface area is 165 Å². The molecular formula is C23H26N2O3. The van der Waals surface area contributed by atoms with Crippen LogP contribution in [-0.2, 0) is 11.2 Å². The molecule has 0 radical (unpaired) electrons. The first-order valence-electron chi connectivity index (χ1n) is 9.57. The highest BCUT2D eigenvalue weighted by Crippen LogP contribution is 2.21. The van der Waals surface area contributed by atoms with Crippen LogP contribution in [0.4, 0.5) is 0 Å². The van der Waals surface area contributed by atoms with Gasteiger partial charge in [-0.1, -0.05) is 42.5 Å². The van der Waals surface area contributed by atoms with Gasteiger partial charge in [0.1, 0.15) is 5.75 Å². The van der Waals surface area contributed by atoms with E-state index in [1.165, 1.54) is 0 Å². The zero-order valence-electron chi connectivity index (χ0n) is 16.5. The minimum Gasteiger partial charge on any atom is -0.491 e. The summed E-state index contributed by atoms with van der Waals surface area (Å²) in [6.07, 6.45) is 2.63. The maximum absolute atomic E-state index is 12.3. The topological polar surface area (TPSA) is 64.4 Å². The predicted octanol–water partition coefficient (Wildman–Crippen LogP) is 4.94. The fourth-order valence-corrected chi connectivity index (χ4v) is 2.89. The summed E-state index contributed by atoms with van der Waals surface area (Å²) in [4.78, 5) is 16.6. The molecule has 0 aliphatic rings. The van der Waals surface area contributed by atoms with Crippen molar-refractivity contribution in [3.8, 4) is 17.1 Å². The van der Waals surface area contributed by atoms with Crippen molar-refractivity contribution in [2.45, 2.75) is 45.8 Å². The van der Waals surface area contributed by atoms with Crippen molar-refractivity contribution in [3.05, 3.63) is 72.2 Å². The molecule has 2 aromatic carbocycles. The highest BCUT2D eigenvalue weighted by atomic mass is 16.5. The number of ether oxygens (including phenoxy) is 1. The standard InChI is InChI=1S/C23H26N2O3/c1-16(2)27-20-11-9-18(10-12-20)17(3)25-22(26)13-14-23-24-15-21(28-23)19-7-5-4-6-8-19/h4-12,15-17H,13-14H2,1-3H3,(H,25,26). The van der Waals surface area contributed by atoms with Crippen LogP contribution in [-0.4, -0.2) is 17.0 Å². The molecule has 1 amide bonds. The lowest BCUT2D eigenvalue weighted by Crippen LogP contribution is -2.26. The molecule has 3 rings (SSSR count). The van der Waals surface area contributed by atoms with E-state index in [9.17, 15) is 4.79 Å². The van der Waals surface area contributed by atoms with Crippen molar-refractivity contribution in [3.63, 3.8) is 0 Å². The molecule has 0 spiro atoms. The van der Waals surface area contributed by atoms with E-state index in [0.29, 0.717) is 24.5 Å². The molecule has 0 bridgehead atoms. The van der Waals surface area contributed by atoms with E-state index in [1.54, 1.807) is 6.20 Å². The molecule has 0 aliphatic carbocycles. The fraction of sp³-hybridized carbons (Fsp3) is 0.304. The second-order valence-electron chi connectivity index (χ2n) is 7.01. The molecular weight excluding hydrogens is 352 g/mol. The normalized spacial score (nSPS) is 12.0. The van der Waals surface area contributed by atoms with Gasteiger partial charge in [0.15, 0.2) is 11.7 Å². The minimum atomic E-state index is -0.0787. The number of hydrogen-bond acceptors (Lipinski definition) is 4. The quantitative estimate of drug-likeness (QED) is 0.603. The third-order valence-corrected chi connectivity index (χ3v) is 4.31. The Morgan fingerprint density at radius 1 is 1.07 bits per heavy atom. The average molecular weight is 378 g/mol. The van der Waals surface area contributed by atoms with Gasteiger partial charge < -0.3 is 14.5 Å². The highest BCUT2D eigenvalue weighted by Gasteiger charge is 2.12. The van der Waals surface area contributed by atoms with E-state index in [2.05, 4.69) is 10.3 Å². The number of benzene rings is 2. The molecule has 0 saturated carbocycles. The van der Waals surface area contributed by atoms with Crippen molar-refractivity contribution in [1.82, 2.24) is 10.3 Å². The summed E-state index contributed by atoms with van der Waals surface area (Å²) < 4.78 is 11.4. The van der Waals surface area contributed by atoms with Crippen molar-refractivity contribution in [2.24, 2.45) is 0 Å². The number of carbonyl (C=O) groups is 1. The summed E-state index contributed by atoms with van der Waals surface area (Å²) in [5, 5.41) is 3.02. The predicted molar refractivity (Wildman–Crippen MR) is 109 cm³/mol. The van der Waals surface area contributed by atoms with Crippen LogP contribution in [0.1, 0.15) is 44.7 Å². The number of rotatable bonds is 8. The zero-order chi connectivity index (χ0) is 19.9. The number of carbonyl (C=O) groups excluding carboxylic acids is 1. The smallest absolute Gasteiger partial charge is 0.220 e. The summed E-state index contributed by atoms with van der Waals surface area (Å²) in [6, 6.07) is 17.5. The van der Waals surface area contributed by atoms with Gasteiger partial charge >= 0.3 is 0 Å². The number of nitrogens with one attached hydrogen (secondary N) is 1. The minimum absolute atomic E-state index is 0.0329. The lowest BCUT2D eigenvalue weighted by molar-refractivity contribution is -0.121. The number of aryl methyl sites for hydroxylation is 1. The van der Waals surface area contributed by atoms with E-state index in [0.717, 1.165) is 16.9 Å². The van der Waals surface area contributed by atoms with Gasteiger partial charge in [0.05, 0.1) is 18.3 Å². The van der Waals surface area contributed by atoms with Crippen molar-refractivity contribution in [1.29, 1.82) is 0 Å². The lowest BCUT2D eigenvalue weighted by Gasteiger charge is -2.15. The number of nitrogens with zero attached hydrogens (tertiary/aromatic N) is 1. The van der Waals surface area contributed by atoms with Crippen LogP contribution >= 0.6 is 0 Å². The van der Waals surface area contributed by atoms with Crippen LogP contribution in [0.2, 0.25) is 0 Å². The van der Waals surface area contributed by atoms with Gasteiger partial charge in [-0.2, -0.15) is 0 Å². The Morgan fingerprint density at radius 3 is 2.46 bits per heavy atom. The molecule has 146 valence electrons. The Kier molecular flexibility index (Phi) is 6.48. The number of amides is 1. The maximum Gasteiger partial charge on any atom is 0.220 e. The van der Waals surface area contributed by atoms with Crippen molar-refractivity contribution in [2.75, 3.05) is 0 Å². The second kappa shape index (κ2) is 9.22. The molecule has 0 aliphatic heterocycles. The van der Waals surface area contributed by atoms with Crippen LogP contribution in [0.15, 0.2) is 65.2 Å². The molecule has 1 unspecified atom stereocenters. The summed E-state index contributed by atoms with van der Waals surface area (Å²) in [5.74, 6) is 2.08. The molecule has 0 saturated heterocycles. The van der Waals surface area contributed by atoms with Gasteiger partial charge in [0.25, 0.3) is 0 Å². The molecule has 5 nitrogen and oxygen atoms in total. The van der Waals surface area contributed by atoms with Gasteiger partial charge in [-0.3, -0.25) is 4.79 Å². The second-order valence-corrected chi connectivity index (χ2v) is 7.01. The van der Waals surface area contributed by atoms with Crippen molar-refractivity contribution >= 4 is 5.91 Å². The third-order valence-electron chi connectivity index (χ3n) is 4.31. The first-order valence-corrected chi connectivity index (χ1v) is 9.57.